The molecule has 0 bridgehead atoms. The molecular formula is C28H33ClN4O4. The van der Waals surface area contributed by atoms with E-state index in [0.717, 1.165) is 49.1 Å². The van der Waals surface area contributed by atoms with Crippen molar-refractivity contribution in [1.29, 1.82) is 0 Å². The molecule has 2 saturated heterocycles. The van der Waals surface area contributed by atoms with E-state index in [4.69, 9.17) is 25.8 Å². The topological polar surface area (TPSA) is 69.1 Å². The van der Waals surface area contributed by atoms with Gasteiger partial charge in [-0.05, 0) is 48.4 Å². The number of halogens is 1. The lowest BCUT2D eigenvalue weighted by Gasteiger charge is -2.35. The van der Waals surface area contributed by atoms with Gasteiger partial charge in [-0.15, -0.1) is 0 Å². The molecule has 196 valence electrons. The number of benzene rings is 2. The lowest BCUT2D eigenvalue weighted by molar-refractivity contribution is -0.184. The highest BCUT2D eigenvalue weighted by molar-refractivity contribution is 6.30. The number of nitrogens with zero attached hydrogens (tertiary/aromatic N) is 4. The van der Waals surface area contributed by atoms with Crippen LogP contribution in [0.4, 0.5) is 5.69 Å². The third-order valence-electron chi connectivity index (χ3n) is 6.97. The van der Waals surface area contributed by atoms with E-state index in [1.165, 1.54) is 5.56 Å². The molecule has 2 fully saturated rings. The zero-order valence-electron chi connectivity index (χ0n) is 21.1. The van der Waals surface area contributed by atoms with Crippen molar-refractivity contribution >= 4 is 23.2 Å². The van der Waals surface area contributed by atoms with E-state index in [2.05, 4.69) is 22.0 Å². The summed E-state index contributed by atoms with van der Waals surface area (Å²) in [5.41, 5.74) is 2.32. The number of amides is 1. The fourth-order valence-corrected chi connectivity index (χ4v) is 4.98. The number of rotatable bonds is 9. The fourth-order valence-electron chi connectivity index (χ4n) is 4.86. The van der Waals surface area contributed by atoms with Gasteiger partial charge in [0, 0.05) is 62.6 Å². The van der Waals surface area contributed by atoms with Crippen molar-refractivity contribution in [3.63, 3.8) is 0 Å². The summed E-state index contributed by atoms with van der Waals surface area (Å²) >= 11 is 6.04. The molecule has 0 unspecified atom stereocenters. The van der Waals surface area contributed by atoms with Crippen molar-refractivity contribution in [2.24, 2.45) is 0 Å². The number of ether oxygens (including phenoxy) is 3. The lowest BCUT2D eigenvalue weighted by Crippen LogP contribution is -2.48. The Kier molecular flexibility index (Phi) is 7.98. The van der Waals surface area contributed by atoms with E-state index in [-0.39, 0.29) is 12.0 Å². The minimum absolute atomic E-state index is 0.139. The maximum absolute atomic E-state index is 11.6. The minimum atomic E-state index is -0.750. The van der Waals surface area contributed by atoms with Gasteiger partial charge in [0.1, 0.15) is 18.5 Å². The molecule has 1 amide bonds. The summed E-state index contributed by atoms with van der Waals surface area (Å²) in [5.74, 6) is 0.184. The van der Waals surface area contributed by atoms with Crippen molar-refractivity contribution in [3.8, 4) is 5.75 Å². The Morgan fingerprint density at radius 2 is 1.86 bits per heavy atom. The number of piperazine rings is 1. The molecule has 0 radical (unpaired) electrons. The molecular weight excluding hydrogens is 492 g/mol. The molecule has 2 aromatic carbocycles. The number of hydrogen-bond donors (Lipinski definition) is 0. The van der Waals surface area contributed by atoms with Gasteiger partial charge in [0.25, 0.3) is 0 Å². The molecule has 2 aliphatic heterocycles. The zero-order valence-corrected chi connectivity index (χ0v) is 21.8. The SMILES string of the molecule is CC(=O)N1CCN(c2ccc(OC[C@@H]3CO[C@](CCc4ccc(Cl)cc4)(Cn4ccnc4)O3)cc2)CC1. The Hall–Kier alpha value is -3.07. The summed E-state index contributed by atoms with van der Waals surface area (Å²) in [6.07, 6.45) is 6.80. The summed E-state index contributed by atoms with van der Waals surface area (Å²) in [4.78, 5) is 19.9. The summed E-state index contributed by atoms with van der Waals surface area (Å²) in [6.45, 7) is 6.24. The van der Waals surface area contributed by atoms with Crippen molar-refractivity contribution in [3.05, 3.63) is 77.8 Å². The molecule has 0 N–H and O–H groups in total. The lowest BCUT2D eigenvalue weighted by atomic mass is 10.0. The summed E-state index contributed by atoms with van der Waals surface area (Å²) < 4.78 is 20.8. The van der Waals surface area contributed by atoms with E-state index in [1.54, 1.807) is 19.4 Å². The van der Waals surface area contributed by atoms with Crippen LogP contribution >= 0.6 is 11.6 Å². The molecule has 5 rings (SSSR count). The van der Waals surface area contributed by atoms with Gasteiger partial charge in [-0.2, -0.15) is 0 Å². The van der Waals surface area contributed by atoms with Crippen molar-refractivity contribution in [2.45, 2.75) is 38.2 Å². The third-order valence-corrected chi connectivity index (χ3v) is 7.22. The molecule has 8 nitrogen and oxygen atoms in total. The van der Waals surface area contributed by atoms with Crippen molar-refractivity contribution in [1.82, 2.24) is 14.5 Å². The zero-order chi connectivity index (χ0) is 25.7. The quantitative estimate of drug-likeness (QED) is 0.421. The van der Waals surface area contributed by atoms with Gasteiger partial charge in [0.2, 0.25) is 5.91 Å². The second-order valence-corrected chi connectivity index (χ2v) is 10.1. The van der Waals surface area contributed by atoms with Crippen LogP contribution in [-0.2, 0) is 27.2 Å². The summed E-state index contributed by atoms with van der Waals surface area (Å²) in [7, 11) is 0. The highest BCUT2D eigenvalue weighted by Crippen LogP contribution is 2.32. The van der Waals surface area contributed by atoms with Gasteiger partial charge in [-0.1, -0.05) is 23.7 Å². The molecule has 2 aliphatic rings. The largest absolute Gasteiger partial charge is 0.491 e. The van der Waals surface area contributed by atoms with E-state index in [9.17, 15) is 4.79 Å². The molecule has 3 heterocycles. The van der Waals surface area contributed by atoms with Gasteiger partial charge in [0.15, 0.2) is 5.79 Å². The van der Waals surface area contributed by atoms with Crippen LogP contribution in [0.2, 0.25) is 5.02 Å². The predicted molar refractivity (Wildman–Crippen MR) is 142 cm³/mol. The first kappa shape index (κ1) is 25.6. The van der Waals surface area contributed by atoms with Gasteiger partial charge in [0.05, 0.1) is 19.5 Å². The predicted octanol–water partition coefficient (Wildman–Crippen LogP) is 4.03. The average Bonchev–Trinajstić information content (AvgIpc) is 3.58. The smallest absolute Gasteiger partial charge is 0.219 e. The van der Waals surface area contributed by atoms with Crippen LogP contribution in [0.15, 0.2) is 67.3 Å². The fraction of sp³-hybridized carbons (Fsp3) is 0.429. The second-order valence-electron chi connectivity index (χ2n) is 9.62. The minimum Gasteiger partial charge on any atom is -0.491 e. The normalized spacial score (nSPS) is 21.8. The van der Waals surface area contributed by atoms with E-state index < -0.39 is 5.79 Å². The second kappa shape index (κ2) is 11.5. The molecule has 37 heavy (non-hydrogen) atoms. The molecule has 2 atom stereocenters. The van der Waals surface area contributed by atoms with Crippen LogP contribution in [0.1, 0.15) is 18.9 Å². The number of anilines is 1. The van der Waals surface area contributed by atoms with Crippen molar-refractivity contribution < 1.29 is 19.0 Å². The maximum Gasteiger partial charge on any atom is 0.219 e. The molecule has 9 heteroatoms. The van der Waals surface area contributed by atoms with E-state index in [0.29, 0.717) is 26.2 Å². The standard InChI is InChI=1S/C28H33ClN4O4/c1-22(34)32-14-16-33(17-15-32)25-6-8-26(9-7-25)35-18-27-19-36-28(37-27,20-31-13-12-30-21-31)11-10-23-2-4-24(29)5-3-23/h2-9,12-13,21,27H,10-11,14-20H2,1H3/t27-,28+/m1/s1. The van der Waals surface area contributed by atoms with Crippen molar-refractivity contribution in [2.75, 3.05) is 44.3 Å². The number of carbonyl (C=O) groups is 1. The van der Waals surface area contributed by atoms with Gasteiger partial charge < -0.3 is 28.6 Å². The number of carbonyl (C=O) groups excluding carboxylic acids is 1. The van der Waals surface area contributed by atoms with Crippen LogP contribution in [0.5, 0.6) is 5.75 Å². The van der Waals surface area contributed by atoms with Gasteiger partial charge in [-0.25, -0.2) is 4.98 Å². The summed E-state index contributed by atoms with van der Waals surface area (Å²) in [5, 5.41) is 0.728. The molecule has 3 aromatic rings. The Morgan fingerprint density at radius 3 is 2.54 bits per heavy atom. The highest BCUT2D eigenvalue weighted by Gasteiger charge is 2.42. The van der Waals surface area contributed by atoms with Crippen LogP contribution in [0.25, 0.3) is 0 Å². The number of hydrogen-bond acceptors (Lipinski definition) is 6. The number of imidazole rings is 1. The van der Waals surface area contributed by atoms with Crippen LogP contribution < -0.4 is 9.64 Å². The van der Waals surface area contributed by atoms with Crippen LogP contribution in [0.3, 0.4) is 0 Å². The maximum atomic E-state index is 11.6. The van der Waals surface area contributed by atoms with E-state index >= 15 is 0 Å². The average molecular weight is 525 g/mol. The monoisotopic (exact) mass is 524 g/mol. The first-order valence-corrected chi connectivity index (χ1v) is 13.1. The molecule has 1 aromatic heterocycles. The van der Waals surface area contributed by atoms with Gasteiger partial charge >= 0.3 is 0 Å². The number of aryl methyl sites for hydroxylation is 1. The molecule has 0 spiro atoms. The Morgan fingerprint density at radius 1 is 1.11 bits per heavy atom. The molecule has 0 aliphatic carbocycles. The first-order valence-electron chi connectivity index (χ1n) is 12.7. The summed E-state index contributed by atoms with van der Waals surface area (Å²) in [6, 6.07) is 16.0. The highest BCUT2D eigenvalue weighted by atomic mass is 35.5. The first-order chi connectivity index (χ1) is 18.0. The third kappa shape index (κ3) is 6.63. The Balaban J connectivity index is 1.15. The molecule has 0 saturated carbocycles. The van der Waals surface area contributed by atoms with E-state index in [1.807, 2.05) is 52.1 Å². The number of aromatic nitrogens is 2. The van der Waals surface area contributed by atoms with Crippen LogP contribution in [0, 0.1) is 0 Å². The van der Waals surface area contributed by atoms with Gasteiger partial charge in [-0.3, -0.25) is 4.79 Å². The Labute approximate surface area is 222 Å². The Bertz CT molecular complexity index is 1150. The van der Waals surface area contributed by atoms with Crippen LogP contribution in [-0.4, -0.2) is 71.6 Å².